The molecule has 2 atom stereocenters. The zero-order valence-corrected chi connectivity index (χ0v) is 7.55. The zero-order valence-electron chi connectivity index (χ0n) is 7.55. The summed E-state index contributed by atoms with van der Waals surface area (Å²) in [5.41, 5.74) is 0. The van der Waals surface area contributed by atoms with E-state index in [1.165, 1.54) is 19.3 Å². The maximum absolute atomic E-state index is 5.41. The molecule has 0 bridgehead atoms. The minimum atomic E-state index is 0.585. The first kappa shape index (κ1) is 8.79. The molecule has 11 heavy (non-hydrogen) atoms. The number of epoxide rings is 1. The van der Waals surface area contributed by atoms with Gasteiger partial charge >= 0.3 is 0 Å². The van der Waals surface area contributed by atoms with Crippen LogP contribution in [0.1, 0.15) is 39.5 Å². The second-order valence-corrected chi connectivity index (χ2v) is 3.08. The van der Waals surface area contributed by atoms with E-state index in [0.29, 0.717) is 12.2 Å². The Hall–Kier alpha value is -0.300. The molecule has 0 amide bonds. The minimum Gasteiger partial charge on any atom is -0.370 e. The van der Waals surface area contributed by atoms with E-state index in [-0.39, 0.29) is 0 Å². The van der Waals surface area contributed by atoms with Crippen LogP contribution in [-0.2, 0) is 4.74 Å². The van der Waals surface area contributed by atoms with Crippen LogP contribution < -0.4 is 0 Å². The van der Waals surface area contributed by atoms with Crippen molar-refractivity contribution in [3.8, 4) is 0 Å². The van der Waals surface area contributed by atoms with Crippen molar-refractivity contribution in [3.63, 3.8) is 0 Å². The molecule has 0 N–H and O–H groups in total. The van der Waals surface area contributed by atoms with Gasteiger partial charge in [-0.2, -0.15) is 0 Å². The van der Waals surface area contributed by atoms with Gasteiger partial charge < -0.3 is 4.74 Å². The van der Waals surface area contributed by atoms with Gasteiger partial charge in [-0.1, -0.05) is 26.0 Å². The van der Waals surface area contributed by atoms with Gasteiger partial charge in [0.15, 0.2) is 0 Å². The maximum atomic E-state index is 5.41. The fraction of sp³-hybridized carbons (Fsp3) is 0.800. The van der Waals surface area contributed by atoms with Gasteiger partial charge in [0.1, 0.15) is 0 Å². The summed E-state index contributed by atoms with van der Waals surface area (Å²) in [6.45, 7) is 4.35. The van der Waals surface area contributed by atoms with E-state index in [9.17, 15) is 0 Å². The topological polar surface area (TPSA) is 12.5 Å². The van der Waals surface area contributed by atoms with Gasteiger partial charge in [-0.15, -0.1) is 0 Å². The molecule has 1 fully saturated rings. The van der Waals surface area contributed by atoms with Gasteiger partial charge in [-0.05, 0) is 25.7 Å². The summed E-state index contributed by atoms with van der Waals surface area (Å²) < 4.78 is 5.41. The van der Waals surface area contributed by atoms with Crippen LogP contribution >= 0.6 is 0 Å². The largest absolute Gasteiger partial charge is 0.370 e. The molecule has 64 valence electrons. The Balaban J connectivity index is 1.93. The van der Waals surface area contributed by atoms with Crippen LogP contribution in [0.4, 0.5) is 0 Å². The Morgan fingerprint density at radius 1 is 1.18 bits per heavy atom. The van der Waals surface area contributed by atoms with E-state index in [4.69, 9.17) is 4.74 Å². The summed E-state index contributed by atoms with van der Waals surface area (Å²) in [6.07, 6.45) is 10.4. The smallest absolute Gasteiger partial charge is 0.0844 e. The van der Waals surface area contributed by atoms with Crippen molar-refractivity contribution < 1.29 is 4.74 Å². The van der Waals surface area contributed by atoms with Crippen LogP contribution in [0.15, 0.2) is 12.2 Å². The van der Waals surface area contributed by atoms with Gasteiger partial charge in [0.25, 0.3) is 0 Å². The number of rotatable bonds is 5. The van der Waals surface area contributed by atoms with Crippen molar-refractivity contribution in [3.05, 3.63) is 12.2 Å². The number of ether oxygens (including phenoxy) is 1. The van der Waals surface area contributed by atoms with Gasteiger partial charge in [0.05, 0.1) is 12.2 Å². The molecule has 1 aliphatic rings. The Labute approximate surface area is 69.4 Å². The molecule has 1 rings (SSSR count). The summed E-state index contributed by atoms with van der Waals surface area (Å²) in [5, 5.41) is 0. The van der Waals surface area contributed by atoms with E-state index in [2.05, 4.69) is 26.0 Å². The van der Waals surface area contributed by atoms with Crippen LogP contribution in [-0.4, -0.2) is 12.2 Å². The standard InChI is InChI=1S/C10H18O/c1-3-5-6-7-8-10-9(4-2)11-10/h5-6,9-10H,3-4,7-8H2,1-2H3/b6-5-. The molecule has 0 aromatic rings. The highest BCUT2D eigenvalue weighted by molar-refractivity contribution is 4.88. The fourth-order valence-corrected chi connectivity index (χ4v) is 1.34. The predicted octanol–water partition coefficient (Wildman–Crippen LogP) is 2.91. The molecule has 0 aromatic heterocycles. The average molecular weight is 154 g/mol. The van der Waals surface area contributed by atoms with E-state index in [0.717, 1.165) is 6.42 Å². The Morgan fingerprint density at radius 3 is 2.55 bits per heavy atom. The Bertz CT molecular complexity index is 129. The first-order valence-electron chi connectivity index (χ1n) is 4.69. The number of hydrogen-bond donors (Lipinski definition) is 0. The molecule has 1 heteroatoms. The molecule has 1 saturated heterocycles. The van der Waals surface area contributed by atoms with Crippen molar-refractivity contribution in [1.82, 2.24) is 0 Å². The molecule has 0 radical (unpaired) electrons. The summed E-state index contributed by atoms with van der Waals surface area (Å²) in [6, 6.07) is 0. The third-order valence-electron chi connectivity index (χ3n) is 2.11. The van der Waals surface area contributed by atoms with Gasteiger partial charge in [0.2, 0.25) is 0 Å². The third-order valence-corrected chi connectivity index (χ3v) is 2.11. The zero-order chi connectivity index (χ0) is 8.10. The number of hydrogen-bond acceptors (Lipinski definition) is 1. The summed E-state index contributed by atoms with van der Waals surface area (Å²) in [4.78, 5) is 0. The van der Waals surface area contributed by atoms with E-state index in [1.54, 1.807) is 0 Å². The highest BCUT2D eigenvalue weighted by atomic mass is 16.6. The molecule has 1 heterocycles. The van der Waals surface area contributed by atoms with Crippen molar-refractivity contribution in [1.29, 1.82) is 0 Å². The Kier molecular flexibility index (Phi) is 3.64. The van der Waals surface area contributed by atoms with Crippen LogP contribution in [0.5, 0.6) is 0 Å². The molecule has 0 saturated carbocycles. The first-order valence-corrected chi connectivity index (χ1v) is 4.69. The second-order valence-electron chi connectivity index (χ2n) is 3.08. The SMILES string of the molecule is CC/C=C\CCC1OC1CC. The van der Waals surface area contributed by atoms with Gasteiger partial charge in [-0.3, -0.25) is 0 Å². The molecule has 0 aliphatic carbocycles. The fourth-order valence-electron chi connectivity index (χ4n) is 1.34. The molecular weight excluding hydrogens is 136 g/mol. The highest BCUT2D eigenvalue weighted by Gasteiger charge is 2.35. The number of allylic oxidation sites excluding steroid dienone is 2. The summed E-state index contributed by atoms with van der Waals surface area (Å²) in [5.74, 6) is 0. The lowest BCUT2D eigenvalue weighted by Crippen LogP contribution is -1.90. The van der Waals surface area contributed by atoms with Crippen LogP contribution in [0.25, 0.3) is 0 Å². The van der Waals surface area contributed by atoms with Crippen molar-refractivity contribution in [2.24, 2.45) is 0 Å². The normalized spacial score (nSPS) is 29.6. The first-order chi connectivity index (χ1) is 5.38. The lowest BCUT2D eigenvalue weighted by atomic mass is 10.1. The van der Waals surface area contributed by atoms with E-state index < -0.39 is 0 Å². The Morgan fingerprint density at radius 2 is 2.00 bits per heavy atom. The summed E-state index contributed by atoms with van der Waals surface area (Å²) in [7, 11) is 0. The molecule has 2 unspecified atom stereocenters. The third kappa shape index (κ3) is 3.06. The lowest BCUT2D eigenvalue weighted by molar-refractivity contribution is 0.360. The van der Waals surface area contributed by atoms with Gasteiger partial charge in [0, 0.05) is 0 Å². The highest BCUT2D eigenvalue weighted by Crippen LogP contribution is 2.28. The average Bonchev–Trinajstić information content (AvgIpc) is 2.77. The van der Waals surface area contributed by atoms with E-state index in [1.807, 2.05) is 0 Å². The molecule has 1 aliphatic heterocycles. The van der Waals surface area contributed by atoms with E-state index >= 15 is 0 Å². The minimum absolute atomic E-state index is 0.585. The van der Waals surface area contributed by atoms with Crippen LogP contribution in [0.2, 0.25) is 0 Å². The van der Waals surface area contributed by atoms with Crippen molar-refractivity contribution >= 4 is 0 Å². The quantitative estimate of drug-likeness (QED) is 0.438. The van der Waals surface area contributed by atoms with Crippen LogP contribution in [0, 0.1) is 0 Å². The molecule has 1 nitrogen and oxygen atoms in total. The van der Waals surface area contributed by atoms with Crippen molar-refractivity contribution in [2.75, 3.05) is 0 Å². The summed E-state index contributed by atoms with van der Waals surface area (Å²) >= 11 is 0. The van der Waals surface area contributed by atoms with Crippen molar-refractivity contribution in [2.45, 2.75) is 51.7 Å². The molecule has 0 spiro atoms. The van der Waals surface area contributed by atoms with Gasteiger partial charge in [-0.25, -0.2) is 0 Å². The second kappa shape index (κ2) is 4.55. The lowest BCUT2D eigenvalue weighted by Gasteiger charge is -1.88. The molecule has 0 aromatic carbocycles. The monoisotopic (exact) mass is 154 g/mol. The maximum Gasteiger partial charge on any atom is 0.0844 e. The molecular formula is C10H18O. The predicted molar refractivity (Wildman–Crippen MR) is 47.6 cm³/mol. The van der Waals surface area contributed by atoms with Crippen LogP contribution in [0.3, 0.4) is 0 Å².